The van der Waals surface area contributed by atoms with Crippen molar-refractivity contribution < 1.29 is 18.0 Å². The van der Waals surface area contributed by atoms with Crippen LogP contribution in [0.25, 0.3) is 11.1 Å². The topological polar surface area (TPSA) is 29.1 Å². The van der Waals surface area contributed by atoms with Crippen LogP contribution < -0.4 is 5.32 Å². The molecule has 0 fully saturated rings. The summed E-state index contributed by atoms with van der Waals surface area (Å²) >= 11 is 0. The van der Waals surface area contributed by atoms with E-state index in [1.54, 1.807) is 36.4 Å². The lowest BCUT2D eigenvalue weighted by Crippen LogP contribution is -2.16. The van der Waals surface area contributed by atoms with Crippen molar-refractivity contribution in [3.63, 3.8) is 0 Å². The van der Waals surface area contributed by atoms with Gasteiger partial charge in [0.1, 0.15) is 17.5 Å². The first-order valence-electron chi connectivity index (χ1n) is 7.61. The van der Waals surface area contributed by atoms with E-state index in [9.17, 15) is 18.0 Å². The molecule has 0 saturated carbocycles. The van der Waals surface area contributed by atoms with Crippen molar-refractivity contribution >= 4 is 11.6 Å². The zero-order valence-corrected chi connectivity index (χ0v) is 13.1. The Kier molecular flexibility index (Phi) is 4.84. The summed E-state index contributed by atoms with van der Waals surface area (Å²) in [6.45, 7) is 0. The molecule has 0 saturated heterocycles. The van der Waals surface area contributed by atoms with Crippen molar-refractivity contribution in [1.29, 1.82) is 0 Å². The van der Waals surface area contributed by atoms with Gasteiger partial charge in [-0.05, 0) is 29.3 Å². The SMILES string of the molecule is O=C(Cc1cccc(F)c1)Nc1c(F)cc(F)cc1-c1ccccc1. The number of benzene rings is 3. The number of rotatable bonds is 4. The van der Waals surface area contributed by atoms with Crippen LogP contribution in [0.5, 0.6) is 0 Å². The first-order chi connectivity index (χ1) is 12.0. The highest BCUT2D eigenvalue weighted by molar-refractivity contribution is 5.96. The van der Waals surface area contributed by atoms with Gasteiger partial charge in [0, 0.05) is 11.6 Å². The van der Waals surface area contributed by atoms with Crippen LogP contribution in [-0.4, -0.2) is 5.91 Å². The average molecular weight is 341 g/mol. The number of hydrogen-bond donors (Lipinski definition) is 1. The molecule has 0 unspecified atom stereocenters. The molecule has 0 aromatic heterocycles. The Morgan fingerprint density at radius 2 is 1.60 bits per heavy atom. The maximum atomic E-state index is 14.2. The Labute approximate surface area is 142 Å². The van der Waals surface area contributed by atoms with E-state index in [1.165, 1.54) is 18.2 Å². The fourth-order valence-corrected chi connectivity index (χ4v) is 2.56. The molecule has 0 spiro atoms. The minimum absolute atomic E-state index is 0.103. The molecule has 1 amide bonds. The van der Waals surface area contributed by atoms with Gasteiger partial charge in [0.15, 0.2) is 0 Å². The van der Waals surface area contributed by atoms with Gasteiger partial charge in [-0.2, -0.15) is 0 Å². The van der Waals surface area contributed by atoms with Crippen molar-refractivity contribution in [3.05, 3.63) is 89.7 Å². The summed E-state index contributed by atoms with van der Waals surface area (Å²) in [6, 6.07) is 16.1. The number of anilines is 1. The predicted octanol–water partition coefficient (Wildman–Crippen LogP) is 4.95. The first-order valence-corrected chi connectivity index (χ1v) is 7.61. The summed E-state index contributed by atoms with van der Waals surface area (Å²) in [5.41, 5.74) is 1.17. The summed E-state index contributed by atoms with van der Waals surface area (Å²) in [5.74, 6) is -2.58. The van der Waals surface area contributed by atoms with E-state index < -0.39 is 23.4 Å². The molecule has 0 aliphatic carbocycles. The van der Waals surface area contributed by atoms with E-state index in [1.807, 2.05) is 0 Å². The van der Waals surface area contributed by atoms with Gasteiger partial charge >= 0.3 is 0 Å². The predicted molar refractivity (Wildman–Crippen MR) is 90.5 cm³/mol. The fourth-order valence-electron chi connectivity index (χ4n) is 2.56. The van der Waals surface area contributed by atoms with E-state index in [0.29, 0.717) is 17.2 Å². The van der Waals surface area contributed by atoms with Crippen LogP contribution in [0.1, 0.15) is 5.56 Å². The highest BCUT2D eigenvalue weighted by atomic mass is 19.1. The molecule has 5 heteroatoms. The molecule has 3 aromatic rings. The van der Waals surface area contributed by atoms with Gasteiger partial charge in [0.25, 0.3) is 0 Å². The van der Waals surface area contributed by atoms with Crippen LogP contribution in [0.15, 0.2) is 66.7 Å². The van der Waals surface area contributed by atoms with Gasteiger partial charge in [-0.15, -0.1) is 0 Å². The number of carbonyl (C=O) groups excluding carboxylic acids is 1. The summed E-state index contributed by atoms with van der Waals surface area (Å²) < 4.78 is 41.1. The quantitative estimate of drug-likeness (QED) is 0.714. The second-order valence-corrected chi connectivity index (χ2v) is 5.53. The van der Waals surface area contributed by atoms with Crippen LogP contribution in [0, 0.1) is 17.5 Å². The van der Waals surface area contributed by atoms with Crippen LogP contribution >= 0.6 is 0 Å². The van der Waals surface area contributed by atoms with Crippen LogP contribution in [0.4, 0.5) is 18.9 Å². The molecule has 0 heterocycles. The Morgan fingerprint density at radius 1 is 0.840 bits per heavy atom. The lowest BCUT2D eigenvalue weighted by molar-refractivity contribution is -0.115. The summed E-state index contributed by atoms with van der Waals surface area (Å²) in [4.78, 5) is 12.2. The van der Waals surface area contributed by atoms with Crippen molar-refractivity contribution in [3.8, 4) is 11.1 Å². The lowest BCUT2D eigenvalue weighted by atomic mass is 10.0. The molecule has 0 radical (unpaired) electrons. The van der Waals surface area contributed by atoms with Gasteiger partial charge in [-0.1, -0.05) is 42.5 Å². The van der Waals surface area contributed by atoms with Crippen molar-refractivity contribution in [2.75, 3.05) is 5.32 Å². The smallest absolute Gasteiger partial charge is 0.228 e. The Bertz CT molecular complexity index is 910. The van der Waals surface area contributed by atoms with Gasteiger partial charge in [-0.3, -0.25) is 4.79 Å². The third-order valence-electron chi connectivity index (χ3n) is 3.66. The highest BCUT2D eigenvalue weighted by Crippen LogP contribution is 2.31. The van der Waals surface area contributed by atoms with Gasteiger partial charge in [0.2, 0.25) is 5.91 Å². The maximum absolute atomic E-state index is 14.2. The van der Waals surface area contributed by atoms with Crippen LogP contribution in [0.2, 0.25) is 0 Å². The summed E-state index contributed by atoms with van der Waals surface area (Å²) in [5, 5.41) is 2.47. The van der Waals surface area contributed by atoms with Crippen LogP contribution in [0.3, 0.4) is 0 Å². The van der Waals surface area contributed by atoms with E-state index in [-0.39, 0.29) is 17.7 Å². The van der Waals surface area contributed by atoms with E-state index >= 15 is 0 Å². The largest absolute Gasteiger partial charge is 0.323 e. The maximum Gasteiger partial charge on any atom is 0.228 e. The lowest BCUT2D eigenvalue weighted by Gasteiger charge is -2.13. The minimum Gasteiger partial charge on any atom is -0.323 e. The molecular formula is C20H14F3NO. The Balaban J connectivity index is 1.90. The average Bonchev–Trinajstić information content (AvgIpc) is 2.58. The summed E-state index contributed by atoms with van der Waals surface area (Å²) in [7, 11) is 0. The summed E-state index contributed by atoms with van der Waals surface area (Å²) in [6.07, 6.45) is -0.122. The second-order valence-electron chi connectivity index (χ2n) is 5.53. The highest BCUT2D eigenvalue weighted by Gasteiger charge is 2.16. The molecule has 3 rings (SSSR count). The standard InChI is InChI=1S/C20H14F3NO/c21-15-8-4-5-13(9-15)10-19(25)24-20-17(11-16(22)12-18(20)23)14-6-2-1-3-7-14/h1-9,11-12H,10H2,(H,24,25). The fraction of sp³-hybridized carbons (Fsp3) is 0.0500. The van der Waals surface area contributed by atoms with Gasteiger partial charge in [-0.25, -0.2) is 13.2 Å². The van der Waals surface area contributed by atoms with Crippen molar-refractivity contribution in [2.45, 2.75) is 6.42 Å². The molecular weight excluding hydrogens is 327 g/mol. The third kappa shape index (κ3) is 4.07. The van der Waals surface area contributed by atoms with Gasteiger partial charge < -0.3 is 5.32 Å². The number of carbonyl (C=O) groups is 1. The van der Waals surface area contributed by atoms with Gasteiger partial charge in [0.05, 0.1) is 12.1 Å². The molecule has 3 aromatic carbocycles. The number of amides is 1. The Hall–Kier alpha value is -3.08. The molecule has 0 aliphatic rings. The minimum atomic E-state index is -0.869. The van der Waals surface area contributed by atoms with E-state index in [4.69, 9.17) is 0 Å². The third-order valence-corrected chi connectivity index (χ3v) is 3.66. The molecule has 0 atom stereocenters. The number of halogens is 3. The van der Waals surface area contributed by atoms with Crippen LogP contribution in [-0.2, 0) is 11.2 Å². The molecule has 25 heavy (non-hydrogen) atoms. The molecule has 2 nitrogen and oxygen atoms in total. The molecule has 126 valence electrons. The van der Waals surface area contributed by atoms with E-state index in [2.05, 4.69) is 5.32 Å². The monoisotopic (exact) mass is 341 g/mol. The zero-order chi connectivity index (χ0) is 17.8. The number of nitrogens with one attached hydrogen (secondary N) is 1. The molecule has 0 bridgehead atoms. The normalized spacial score (nSPS) is 10.5. The molecule has 1 N–H and O–H groups in total. The van der Waals surface area contributed by atoms with Crippen molar-refractivity contribution in [2.24, 2.45) is 0 Å². The zero-order valence-electron chi connectivity index (χ0n) is 13.1. The second kappa shape index (κ2) is 7.21. The molecule has 0 aliphatic heterocycles. The number of hydrogen-bond acceptors (Lipinski definition) is 1. The first kappa shape index (κ1) is 16.8. The van der Waals surface area contributed by atoms with Crippen molar-refractivity contribution in [1.82, 2.24) is 0 Å². The Morgan fingerprint density at radius 3 is 2.32 bits per heavy atom. The van der Waals surface area contributed by atoms with E-state index in [0.717, 1.165) is 6.07 Å².